The number of amides is 1. The van der Waals surface area contributed by atoms with Gasteiger partial charge in [-0.25, -0.2) is 0 Å². The third kappa shape index (κ3) is 2.72. The van der Waals surface area contributed by atoms with Gasteiger partial charge >= 0.3 is 0 Å². The van der Waals surface area contributed by atoms with Crippen molar-refractivity contribution in [1.82, 2.24) is 9.88 Å². The number of hydrogen-bond acceptors (Lipinski definition) is 2. The van der Waals surface area contributed by atoms with Crippen molar-refractivity contribution in [1.29, 1.82) is 0 Å². The third-order valence-electron chi connectivity index (χ3n) is 3.98. The van der Waals surface area contributed by atoms with Crippen LogP contribution in [0.25, 0.3) is 0 Å². The van der Waals surface area contributed by atoms with E-state index in [0.29, 0.717) is 5.92 Å². The van der Waals surface area contributed by atoms with E-state index in [1.165, 1.54) is 12.8 Å². The monoisotopic (exact) mass is 326 g/mol. The maximum absolute atomic E-state index is 12.4. The van der Waals surface area contributed by atoms with Gasteiger partial charge < -0.3 is 14.6 Å². The van der Waals surface area contributed by atoms with Gasteiger partial charge in [-0.05, 0) is 54.1 Å². The molecular weight excluding hydrogens is 308 g/mol. The van der Waals surface area contributed by atoms with Gasteiger partial charge in [0.2, 0.25) is 0 Å². The fourth-order valence-corrected chi connectivity index (χ4v) is 3.29. The van der Waals surface area contributed by atoms with Crippen LogP contribution in [0.2, 0.25) is 0 Å². The van der Waals surface area contributed by atoms with Gasteiger partial charge in [-0.15, -0.1) is 0 Å². The standard InChI is InChI=1S/C14H19BrN2O2/c1-2-17-8-10(15)7-12(17)14(18)16-11-5-6-19-13(11)9-3-4-9/h7-9,11,13H,2-6H2,1H3,(H,16,18). The zero-order valence-corrected chi connectivity index (χ0v) is 12.6. The Bertz CT molecular complexity index is 482. The number of nitrogens with one attached hydrogen (secondary N) is 1. The van der Waals surface area contributed by atoms with Crippen LogP contribution in [-0.2, 0) is 11.3 Å². The Labute approximate surface area is 121 Å². The van der Waals surface area contributed by atoms with Crippen molar-refractivity contribution in [2.24, 2.45) is 5.92 Å². The van der Waals surface area contributed by atoms with E-state index in [1.807, 2.05) is 23.8 Å². The fraction of sp³-hybridized carbons (Fsp3) is 0.643. The largest absolute Gasteiger partial charge is 0.376 e. The minimum atomic E-state index is 0.00806. The zero-order chi connectivity index (χ0) is 13.4. The first-order valence-corrected chi connectivity index (χ1v) is 7.76. The van der Waals surface area contributed by atoms with E-state index in [1.54, 1.807) is 0 Å². The summed E-state index contributed by atoms with van der Waals surface area (Å²) in [4.78, 5) is 12.4. The van der Waals surface area contributed by atoms with Crippen LogP contribution in [0.5, 0.6) is 0 Å². The lowest BCUT2D eigenvalue weighted by Gasteiger charge is -2.19. The number of aromatic nitrogens is 1. The molecule has 1 saturated heterocycles. The topological polar surface area (TPSA) is 43.3 Å². The van der Waals surface area contributed by atoms with Gasteiger partial charge in [-0.1, -0.05) is 0 Å². The molecule has 19 heavy (non-hydrogen) atoms. The smallest absolute Gasteiger partial charge is 0.268 e. The second-order valence-corrected chi connectivity index (χ2v) is 6.29. The molecule has 0 radical (unpaired) electrons. The van der Waals surface area contributed by atoms with Crippen LogP contribution in [0, 0.1) is 5.92 Å². The molecule has 0 bridgehead atoms. The number of nitrogens with zero attached hydrogens (tertiary/aromatic N) is 1. The molecule has 3 rings (SSSR count). The molecule has 2 fully saturated rings. The summed E-state index contributed by atoms with van der Waals surface area (Å²) >= 11 is 3.42. The molecule has 1 aliphatic carbocycles. The Kier molecular flexibility index (Phi) is 3.67. The SMILES string of the molecule is CCn1cc(Br)cc1C(=O)NC1CCOC1C1CC1. The quantitative estimate of drug-likeness (QED) is 0.924. The van der Waals surface area contributed by atoms with Crippen LogP contribution in [0.15, 0.2) is 16.7 Å². The summed E-state index contributed by atoms with van der Waals surface area (Å²) in [5.41, 5.74) is 0.718. The predicted octanol–water partition coefficient (Wildman–Crippen LogP) is 2.57. The molecule has 5 heteroatoms. The molecule has 104 valence electrons. The second kappa shape index (κ2) is 5.29. The Morgan fingerprint density at radius 2 is 2.32 bits per heavy atom. The van der Waals surface area contributed by atoms with Crippen LogP contribution in [0.3, 0.4) is 0 Å². The molecule has 4 nitrogen and oxygen atoms in total. The van der Waals surface area contributed by atoms with E-state index in [4.69, 9.17) is 4.74 Å². The summed E-state index contributed by atoms with van der Waals surface area (Å²) < 4.78 is 8.66. The number of ether oxygens (including phenoxy) is 1. The van der Waals surface area contributed by atoms with Crippen molar-refractivity contribution in [3.63, 3.8) is 0 Å². The van der Waals surface area contributed by atoms with Crippen LogP contribution in [0.1, 0.15) is 36.7 Å². The highest BCUT2D eigenvalue weighted by molar-refractivity contribution is 9.10. The maximum Gasteiger partial charge on any atom is 0.268 e. The Hall–Kier alpha value is -0.810. The molecule has 1 aromatic rings. The normalized spacial score (nSPS) is 26.6. The molecule has 2 atom stereocenters. The highest BCUT2D eigenvalue weighted by atomic mass is 79.9. The maximum atomic E-state index is 12.4. The zero-order valence-electron chi connectivity index (χ0n) is 11.1. The molecule has 1 aromatic heterocycles. The molecule has 2 aliphatic rings. The second-order valence-electron chi connectivity index (χ2n) is 5.37. The van der Waals surface area contributed by atoms with E-state index in [9.17, 15) is 4.79 Å². The van der Waals surface area contributed by atoms with Gasteiger partial charge in [0.05, 0.1) is 12.1 Å². The lowest BCUT2D eigenvalue weighted by Crippen LogP contribution is -2.42. The van der Waals surface area contributed by atoms with E-state index in [-0.39, 0.29) is 18.1 Å². The summed E-state index contributed by atoms with van der Waals surface area (Å²) in [6.07, 6.45) is 5.60. The number of halogens is 1. The summed E-state index contributed by atoms with van der Waals surface area (Å²) in [5.74, 6) is 0.672. The predicted molar refractivity (Wildman–Crippen MR) is 76.1 cm³/mol. The number of carbonyl (C=O) groups is 1. The van der Waals surface area contributed by atoms with Crippen molar-refractivity contribution in [2.75, 3.05) is 6.61 Å². The first-order valence-electron chi connectivity index (χ1n) is 6.97. The van der Waals surface area contributed by atoms with Crippen LogP contribution in [-0.4, -0.2) is 29.2 Å². The van der Waals surface area contributed by atoms with E-state index in [0.717, 1.165) is 29.7 Å². The number of hydrogen-bond donors (Lipinski definition) is 1. The van der Waals surface area contributed by atoms with E-state index < -0.39 is 0 Å². The van der Waals surface area contributed by atoms with Crippen molar-refractivity contribution in [3.8, 4) is 0 Å². The molecular formula is C14H19BrN2O2. The number of rotatable bonds is 4. The van der Waals surface area contributed by atoms with Crippen molar-refractivity contribution < 1.29 is 9.53 Å². The third-order valence-corrected chi connectivity index (χ3v) is 4.41. The first kappa shape index (κ1) is 13.2. The van der Waals surface area contributed by atoms with Crippen molar-refractivity contribution in [2.45, 2.75) is 44.9 Å². The van der Waals surface area contributed by atoms with Gasteiger partial charge in [0.25, 0.3) is 5.91 Å². The fourth-order valence-electron chi connectivity index (χ4n) is 2.82. The molecule has 1 N–H and O–H groups in total. The molecule has 2 unspecified atom stereocenters. The Morgan fingerprint density at radius 3 is 3.00 bits per heavy atom. The van der Waals surface area contributed by atoms with Crippen molar-refractivity contribution in [3.05, 3.63) is 22.4 Å². The lowest BCUT2D eigenvalue weighted by molar-refractivity contribution is 0.0725. The van der Waals surface area contributed by atoms with Crippen LogP contribution in [0.4, 0.5) is 0 Å². The summed E-state index contributed by atoms with van der Waals surface area (Å²) in [7, 11) is 0. The van der Waals surface area contributed by atoms with Gasteiger partial charge in [0.1, 0.15) is 5.69 Å². The van der Waals surface area contributed by atoms with Gasteiger partial charge in [0, 0.05) is 23.8 Å². The lowest BCUT2D eigenvalue weighted by atomic mass is 10.1. The molecule has 1 aliphatic heterocycles. The van der Waals surface area contributed by atoms with E-state index >= 15 is 0 Å². The minimum Gasteiger partial charge on any atom is -0.376 e. The van der Waals surface area contributed by atoms with Gasteiger partial charge in [0.15, 0.2) is 0 Å². The Balaban J connectivity index is 1.70. The molecule has 1 amide bonds. The number of carbonyl (C=O) groups excluding carboxylic acids is 1. The summed E-state index contributed by atoms with van der Waals surface area (Å²) in [6.45, 7) is 3.60. The Morgan fingerprint density at radius 1 is 1.53 bits per heavy atom. The minimum absolute atomic E-state index is 0.00806. The highest BCUT2D eigenvalue weighted by Crippen LogP contribution is 2.38. The van der Waals surface area contributed by atoms with Crippen molar-refractivity contribution >= 4 is 21.8 Å². The summed E-state index contributed by atoms with van der Waals surface area (Å²) in [6, 6.07) is 2.06. The first-order chi connectivity index (χ1) is 9.19. The highest BCUT2D eigenvalue weighted by Gasteiger charge is 2.41. The average Bonchev–Trinajstić information content (AvgIpc) is 3.01. The van der Waals surface area contributed by atoms with Gasteiger partial charge in [-0.3, -0.25) is 4.79 Å². The number of aryl methyl sites for hydroxylation is 1. The molecule has 1 saturated carbocycles. The van der Waals surface area contributed by atoms with Gasteiger partial charge in [-0.2, -0.15) is 0 Å². The van der Waals surface area contributed by atoms with E-state index in [2.05, 4.69) is 21.2 Å². The molecule has 0 aromatic carbocycles. The van der Waals surface area contributed by atoms with Crippen LogP contribution >= 0.6 is 15.9 Å². The summed E-state index contributed by atoms with van der Waals surface area (Å²) in [5, 5.41) is 3.15. The molecule has 0 spiro atoms. The molecule has 2 heterocycles. The average molecular weight is 327 g/mol. The van der Waals surface area contributed by atoms with Crippen LogP contribution < -0.4 is 5.32 Å².